The summed E-state index contributed by atoms with van der Waals surface area (Å²) in [7, 11) is 2.36. The number of ether oxygens (including phenoxy) is 1. The van der Waals surface area contributed by atoms with Crippen molar-refractivity contribution >= 4 is 10.8 Å². The maximum atomic E-state index is 12.0. The number of aliphatic hydroxyl groups is 1. The van der Waals surface area contributed by atoms with Crippen molar-refractivity contribution in [2.24, 2.45) is 0 Å². The van der Waals surface area contributed by atoms with Gasteiger partial charge in [0, 0.05) is 23.3 Å². The molecule has 0 aliphatic rings. The lowest BCUT2D eigenvalue weighted by atomic mass is 10.2. The van der Waals surface area contributed by atoms with Gasteiger partial charge in [-0.2, -0.15) is 0 Å². The molecule has 2 N–H and O–H groups in total. The standard InChI is InChI=1S/C12H19NO3S/c1-13-10(7-8-14)9-17(15)12-5-3-11(16-2)4-6-12/h3-6,10,13-14H,7-9H2,1-2H3. The highest BCUT2D eigenvalue weighted by molar-refractivity contribution is 7.85. The summed E-state index contributed by atoms with van der Waals surface area (Å²) in [6.07, 6.45) is 0.610. The molecule has 0 heterocycles. The molecule has 0 amide bonds. The summed E-state index contributed by atoms with van der Waals surface area (Å²) in [6, 6.07) is 7.28. The third-order valence-corrected chi connectivity index (χ3v) is 4.06. The molecule has 0 saturated heterocycles. The molecule has 4 nitrogen and oxygen atoms in total. The Hall–Kier alpha value is -0.910. The van der Waals surface area contributed by atoms with Gasteiger partial charge in [-0.15, -0.1) is 0 Å². The molecular formula is C12H19NO3S. The Morgan fingerprint density at radius 3 is 2.53 bits per heavy atom. The quantitative estimate of drug-likeness (QED) is 0.757. The van der Waals surface area contributed by atoms with Gasteiger partial charge in [0.05, 0.1) is 17.9 Å². The zero-order chi connectivity index (χ0) is 12.7. The predicted molar refractivity (Wildman–Crippen MR) is 68.8 cm³/mol. The molecular weight excluding hydrogens is 238 g/mol. The molecule has 1 aromatic carbocycles. The van der Waals surface area contributed by atoms with Crippen molar-refractivity contribution in [1.29, 1.82) is 0 Å². The van der Waals surface area contributed by atoms with Crippen LogP contribution in [0.3, 0.4) is 0 Å². The summed E-state index contributed by atoms with van der Waals surface area (Å²) in [5, 5.41) is 11.9. The second kappa shape index (κ2) is 7.42. The molecule has 0 aromatic heterocycles. The lowest BCUT2D eigenvalue weighted by Gasteiger charge is -2.14. The van der Waals surface area contributed by atoms with Gasteiger partial charge in [-0.25, -0.2) is 0 Å². The molecule has 2 unspecified atom stereocenters. The number of nitrogens with one attached hydrogen (secondary N) is 1. The summed E-state index contributed by atoms with van der Waals surface area (Å²) in [6.45, 7) is 0.102. The number of benzene rings is 1. The van der Waals surface area contributed by atoms with Crippen LogP contribution in [0.4, 0.5) is 0 Å². The molecule has 1 rings (SSSR count). The fraction of sp³-hybridized carbons (Fsp3) is 0.500. The Labute approximate surface area is 104 Å². The smallest absolute Gasteiger partial charge is 0.118 e. The normalized spacial score (nSPS) is 14.3. The van der Waals surface area contributed by atoms with Crippen LogP contribution in [0.15, 0.2) is 29.2 Å². The molecule has 0 radical (unpaired) electrons. The van der Waals surface area contributed by atoms with E-state index in [0.717, 1.165) is 10.6 Å². The zero-order valence-electron chi connectivity index (χ0n) is 10.2. The van der Waals surface area contributed by atoms with Gasteiger partial charge in [0.25, 0.3) is 0 Å². The molecule has 1 aromatic rings. The number of rotatable bonds is 7. The summed E-state index contributed by atoms with van der Waals surface area (Å²) in [5.74, 6) is 1.26. The number of hydrogen-bond donors (Lipinski definition) is 2. The van der Waals surface area contributed by atoms with Crippen LogP contribution in [0.25, 0.3) is 0 Å². The molecule has 0 saturated carbocycles. The molecule has 0 spiro atoms. The van der Waals surface area contributed by atoms with E-state index in [2.05, 4.69) is 5.32 Å². The van der Waals surface area contributed by atoms with E-state index in [-0.39, 0.29) is 12.6 Å². The lowest BCUT2D eigenvalue weighted by Crippen LogP contribution is -2.31. The summed E-state index contributed by atoms with van der Waals surface area (Å²) >= 11 is 0. The number of aliphatic hydroxyl groups excluding tert-OH is 1. The molecule has 2 atom stereocenters. The number of methoxy groups -OCH3 is 1. The van der Waals surface area contributed by atoms with Crippen LogP contribution in [0.5, 0.6) is 5.75 Å². The van der Waals surface area contributed by atoms with Gasteiger partial charge in [-0.3, -0.25) is 4.21 Å². The average Bonchev–Trinajstić information content (AvgIpc) is 2.38. The second-order valence-electron chi connectivity index (χ2n) is 3.69. The van der Waals surface area contributed by atoms with E-state index in [1.807, 2.05) is 7.05 Å². The van der Waals surface area contributed by atoms with E-state index in [1.54, 1.807) is 31.4 Å². The van der Waals surface area contributed by atoms with Gasteiger partial charge in [0.2, 0.25) is 0 Å². The van der Waals surface area contributed by atoms with Crippen LogP contribution in [-0.4, -0.2) is 41.9 Å². The van der Waals surface area contributed by atoms with E-state index in [4.69, 9.17) is 9.84 Å². The Bertz CT molecular complexity index is 353. The van der Waals surface area contributed by atoms with Crippen molar-refractivity contribution in [1.82, 2.24) is 5.32 Å². The van der Waals surface area contributed by atoms with Crippen molar-refractivity contribution in [3.05, 3.63) is 24.3 Å². The fourth-order valence-corrected chi connectivity index (χ4v) is 2.80. The highest BCUT2D eigenvalue weighted by Crippen LogP contribution is 2.15. The first-order valence-corrected chi connectivity index (χ1v) is 6.83. The monoisotopic (exact) mass is 257 g/mol. The molecule has 0 aliphatic carbocycles. The van der Waals surface area contributed by atoms with Gasteiger partial charge in [0.1, 0.15) is 5.75 Å². The Morgan fingerprint density at radius 1 is 1.41 bits per heavy atom. The van der Waals surface area contributed by atoms with Gasteiger partial charge in [-0.1, -0.05) is 0 Å². The van der Waals surface area contributed by atoms with Crippen LogP contribution < -0.4 is 10.1 Å². The van der Waals surface area contributed by atoms with Crippen molar-refractivity contribution in [3.8, 4) is 5.75 Å². The molecule has 17 heavy (non-hydrogen) atoms. The van der Waals surface area contributed by atoms with E-state index < -0.39 is 10.8 Å². The van der Waals surface area contributed by atoms with E-state index in [9.17, 15) is 4.21 Å². The third-order valence-electron chi connectivity index (χ3n) is 2.56. The first-order chi connectivity index (χ1) is 8.21. The third kappa shape index (κ3) is 4.46. The Kier molecular flexibility index (Phi) is 6.18. The minimum Gasteiger partial charge on any atom is -0.497 e. The van der Waals surface area contributed by atoms with Crippen molar-refractivity contribution in [2.75, 3.05) is 26.5 Å². The minimum atomic E-state index is -1.05. The molecule has 5 heteroatoms. The summed E-state index contributed by atoms with van der Waals surface area (Å²) < 4.78 is 17.1. The van der Waals surface area contributed by atoms with Crippen molar-refractivity contribution in [2.45, 2.75) is 17.4 Å². The number of hydrogen-bond acceptors (Lipinski definition) is 4. The second-order valence-corrected chi connectivity index (χ2v) is 5.18. The fourth-order valence-electron chi connectivity index (χ4n) is 1.47. The van der Waals surface area contributed by atoms with E-state index in [0.29, 0.717) is 12.2 Å². The van der Waals surface area contributed by atoms with Crippen LogP contribution in [0.1, 0.15) is 6.42 Å². The van der Waals surface area contributed by atoms with Crippen LogP contribution in [0, 0.1) is 0 Å². The Balaban J connectivity index is 2.62. The van der Waals surface area contributed by atoms with Crippen molar-refractivity contribution in [3.63, 3.8) is 0 Å². The van der Waals surface area contributed by atoms with Gasteiger partial charge < -0.3 is 15.2 Å². The molecule has 0 fully saturated rings. The molecule has 96 valence electrons. The van der Waals surface area contributed by atoms with Gasteiger partial charge in [0.15, 0.2) is 0 Å². The summed E-state index contributed by atoms with van der Waals surface area (Å²) in [4.78, 5) is 0.781. The predicted octanol–water partition coefficient (Wildman–Crippen LogP) is 0.773. The highest BCUT2D eigenvalue weighted by Gasteiger charge is 2.11. The first-order valence-electron chi connectivity index (χ1n) is 5.51. The highest BCUT2D eigenvalue weighted by atomic mass is 32.2. The first kappa shape index (κ1) is 14.2. The zero-order valence-corrected chi connectivity index (χ0v) is 11.0. The Morgan fingerprint density at radius 2 is 2.06 bits per heavy atom. The van der Waals surface area contributed by atoms with Crippen LogP contribution in [-0.2, 0) is 10.8 Å². The maximum absolute atomic E-state index is 12.0. The molecule has 0 bridgehead atoms. The van der Waals surface area contributed by atoms with E-state index in [1.165, 1.54) is 0 Å². The lowest BCUT2D eigenvalue weighted by molar-refractivity contribution is 0.273. The van der Waals surface area contributed by atoms with Crippen molar-refractivity contribution < 1.29 is 14.1 Å². The summed E-state index contributed by atoms with van der Waals surface area (Å²) in [5.41, 5.74) is 0. The molecule has 0 aliphatic heterocycles. The van der Waals surface area contributed by atoms with Gasteiger partial charge in [-0.05, 0) is 37.7 Å². The maximum Gasteiger partial charge on any atom is 0.118 e. The SMILES string of the molecule is CNC(CCO)CS(=O)c1ccc(OC)cc1. The average molecular weight is 257 g/mol. The van der Waals surface area contributed by atoms with Gasteiger partial charge >= 0.3 is 0 Å². The minimum absolute atomic E-state index is 0.0722. The van der Waals surface area contributed by atoms with Crippen LogP contribution >= 0.6 is 0 Å². The van der Waals surface area contributed by atoms with E-state index >= 15 is 0 Å². The topological polar surface area (TPSA) is 58.6 Å². The largest absolute Gasteiger partial charge is 0.497 e. The van der Waals surface area contributed by atoms with Crippen LogP contribution in [0.2, 0.25) is 0 Å².